The summed E-state index contributed by atoms with van der Waals surface area (Å²) in [6, 6.07) is -9.62. The van der Waals surface area contributed by atoms with E-state index in [0.29, 0.717) is 18.3 Å². The van der Waals surface area contributed by atoms with E-state index in [2.05, 4.69) is 21.3 Å². The van der Waals surface area contributed by atoms with Crippen molar-refractivity contribution < 1.29 is 97.0 Å². The normalized spacial score (nSPS) is 22.9. The lowest BCUT2D eigenvalue weighted by molar-refractivity contribution is -0.157. The number of rotatable bonds is 20. The Bertz CT molecular complexity index is 3720. The zero-order valence-corrected chi connectivity index (χ0v) is 71.2. The van der Waals surface area contributed by atoms with Crippen LogP contribution in [0, 0.1) is 62.2 Å². The maximum absolute atomic E-state index is 15.1. The number of aliphatic hydroxyl groups is 1. The third kappa shape index (κ3) is 25.7. The van der Waals surface area contributed by atoms with E-state index in [4.69, 9.17) is 9.47 Å². The Morgan fingerprint density at radius 1 is 0.536 bits per heavy atom. The summed E-state index contributed by atoms with van der Waals surface area (Å²) in [4.78, 5) is 204. The molecule has 31 nitrogen and oxygen atoms in total. The van der Waals surface area contributed by atoms with Crippen molar-refractivity contribution >= 4 is 83.2 Å². The van der Waals surface area contributed by atoms with Crippen molar-refractivity contribution in [3.63, 3.8) is 0 Å². The summed E-state index contributed by atoms with van der Waals surface area (Å²) in [5, 5.41) is 52.6. The highest BCUT2D eigenvalue weighted by atomic mass is 16.5. The summed E-state index contributed by atoms with van der Waals surface area (Å²) in [5.41, 5.74) is -0.307. The second kappa shape index (κ2) is 43.9. The topological polar surface area (TPSA) is 409 Å². The van der Waals surface area contributed by atoms with Gasteiger partial charge >= 0.3 is 11.9 Å². The van der Waals surface area contributed by atoms with Crippen LogP contribution in [0.5, 0.6) is 23.0 Å². The number of benzene rings is 2. The highest BCUT2D eigenvalue weighted by Gasteiger charge is 2.46. The van der Waals surface area contributed by atoms with Crippen molar-refractivity contribution in [3.8, 4) is 23.0 Å². The third-order valence-electron chi connectivity index (χ3n) is 20.2. The summed E-state index contributed by atoms with van der Waals surface area (Å²) in [6.07, 6.45) is 3.39. The van der Waals surface area contributed by atoms with E-state index in [-0.39, 0.29) is 95.1 Å². The van der Waals surface area contributed by atoms with Gasteiger partial charge in [0, 0.05) is 54.9 Å². The van der Waals surface area contributed by atoms with Gasteiger partial charge in [0.25, 0.3) is 0 Å². The Morgan fingerprint density at radius 2 is 0.991 bits per heavy atom. The first kappa shape index (κ1) is 98.4. The molecule has 12 unspecified atom stereocenters. The molecule has 628 valence electrons. The summed E-state index contributed by atoms with van der Waals surface area (Å²) >= 11 is 0. The molecule has 0 radical (unpaired) electrons. The fourth-order valence-corrected chi connectivity index (χ4v) is 13.4. The molecule has 12 atom stereocenters. The number of ether oxygens (including phenoxy) is 2. The molecule has 0 saturated carbocycles. The van der Waals surface area contributed by atoms with Crippen molar-refractivity contribution in [2.75, 3.05) is 63.0 Å². The Balaban J connectivity index is 0.00000131. The number of aromatic carboxylic acids is 1. The molecule has 0 spiro atoms. The van der Waals surface area contributed by atoms with Gasteiger partial charge in [-0.1, -0.05) is 109 Å². The van der Waals surface area contributed by atoms with Gasteiger partial charge in [0.1, 0.15) is 94.5 Å². The lowest BCUT2D eigenvalue weighted by atomic mass is 9.91. The Kier molecular flexibility index (Phi) is 38.6. The van der Waals surface area contributed by atoms with Gasteiger partial charge in [-0.3, -0.25) is 57.5 Å². The number of carbonyl (C=O) groups excluding carboxylic acids is 13. The molecule has 11 amide bonds. The van der Waals surface area contributed by atoms with E-state index >= 15 is 9.59 Å². The third-order valence-corrected chi connectivity index (χ3v) is 20.2. The number of likely N-dealkylation sites (N-methyl/N-ethyl adjacent to an activating group) is 7. The predicted molar refractivity (Wildman–Crippen MR) is 423 cm³/mol. The number of carboxylic acid groups (broad SMARTS) is 1. The predicted octanol–water partition coefficient (Wildman–Crippen LogP) is 6.03. The van der Waals surface area contributed by atoms with Gasteiger partial charge in [-0.25, -0.2) is 9.59 Å². The number of nitrogens with zero attached hydrogens (tertiary/aromatic N) is 7. The number of nitrogens with one attached hydrogen (secondary N) is 4. The summed E-state index contributed by atoms with van der Waals surface area (Å²) < 4.78 is 10.3. The highest BCUT2D eigenvalue weighted by Crippen LogP contribution is 2.37. The zero-order chi connectivity index (χ0) is 86.4. The van der Waals surface area contributed by atoms with Gasteiger partial charge < -0.3 is 85.5 Å². The number of carbonyl (C=O) groups is 14. The Hall–Kier alpha value is -9.68. The zero-order valence-electron chi connectivity index (χ0n) is 71.2. The van der Waals surface area contributed by atoms with Crippen LogP contribution in [0.4, 0.5) is 0 Å². The van der Waals surface area contributed by atoms with Crippen LogP contribution in [0.2, 0.25) is 0 Å². The molecule has 3 rings (SSSR count). The molecule has 1 aliphatic rings. The number of aliphatic hydroxyl groups excluding tert-OH is 1. The lowest BCUT2D eigenvalue weighted by Gasteiger charge is -2.41. The number of esters is 1. The molecular weight excluding hydrogens is 1450 g/mol. The molecule has 1 saturated heterocycles. The van der Waals surface area contributed by atoms with E-state index in [0.717, 1.165) is 9.80 Å². The summed E-state index contributed by atoms with van der Waals surface area (Å²) in [7, 11) is 11.2. The smallest absolute Gasteiger partial charge is 0.347 e. The maximum atomic E-state index is 15.1. The van der Waals surface area contributed by atoms with Crippen LogP contribution in [0.3, 0.4) is 0 Å². The SMILES string of the molecule is CC=CCC(C)C(O)C1C(=O)NC(CC)C(=O)N(C)CC(=O)N(C)C(CC(C)C)C(=O)NC(C(C)C)C(=O)N(C)C(CC(C)C)C(=O)NC(C)C(=O)NC(C)C(=O)N(C)C(CC(C)C)C(=O)N(C)C(CC(C)C)C(=O)N(C)C(C(C)C)C(=O)N1C.COc1cc(C)c(C(=O)Oc2cc(C)c(O)c(C(=O)O)c2C)c(O)c1C=O. The second-order valence-electron chi connectivity index (χ2n) is 32.0. The largest absolute Gasteiger partial charge is 0.507 e. The first-order chi connectivity index (χ1) is 51.8. The van der Waals surface area contributed by atoms with E-state index in [9.17, 15) is 78.0 Å². The van der Waals surface area contributed by atoms with Crippen molar-refractivity contribution in [1.29, 1.82) is 0 Å². The number of allylic oxidation sites excluding steroid dienone is 2. The number of phenols is 2. The van der Waals surface area contributed by atoms with Crippen LogP contribution < -0.4 is 30.7 Å². The van der Waals surface area contributed by atoms with Gasteiger partial charge in [-0.15, -0.1) is 0 Å². The number of hydrogen-bond acceptors (Lipinski definition) is 19. The number of methoxy groups -OCH3 is 1. The lowest BCUT2D eigenvalue weighted by Crippen LogP contribution is -2.63. The monoisotopic (exact) mass is 1580 g/mol. The summed E-state index contributed by atoms with van der Waals surface area (Å²) in [6.45, 7) is 33.7. The van der Waals surface area contributed by atoms with Crippen LogP contribution in [-0.2, 0) is 52.7 Å². The quantitative estimate of drug-likeness (QED) is 0.0324. The Labute approximate surface area is 661 Å². The molecule has 0 aliphatic carbocycles. The molecular formula is C81H129N11O20. The maximum Gasteiger partial charge on any atom is 0.347 e. The van der Waals surface area contributed by atoms with E-state index < -0.39 is 179 Å². The molecule has 0 bridgehead atoms. The number of carboxylic acids is 1. The molecule has 112 heavy (non-hydrogen) atoms. The van der Waals surface area contributed by atoms with Gasteiger partial charge in [-0.05, 0) is 145 Å². The first-order valence-electron chi connectivity index (χ1n) is 38.3. The van der Waals surface area contributed by atoms with Gasteiger partial charge in [-0.2, -0.15) is 0 Å². The second-order valence-corrected chi connectivity index (χ2v) is 32.0. The van der Waals surface area contributed by atoms with Crippen molar-refractivity contribution in [3.05, 3.63) is 57.7 Å². The van der Waals surface area contributed by atoms with E-state index in [1.54, 1.807) is 54.5 Å². The van der Waals surface area contributed by atoms with Gasteiger partial charge in [0.05, 0.1) is 25.3 Å². The first-order valence-corrected chi connectivity index (χ1v) is 38.3. The van der Waals surface area contributed by atoms with Crippen LogP contribution in [-0.4, -0.2) is 267 Å². The fourth-order valence-electron chi connectivity index (χ4n) is 13.4. The number of hydrogen-bond donors (Lipinski definition) is 8. The molecule has 1 aliphatic heterocycles. The van der Waals surface area contributed by atoms with Crippen LogP contribution >= 0.6 is 0 Å². The van der Waals surface area contributed by atoms with Crippen LogP contribution in [0.15, 0.2) is 24.3 Å². The molecule has 2 aromatic carbocycles. The molecule has 31 heteroatoms. The molecule has 1 fully saturated rings. The molecule has 0 aromatic heterocycles. The number of aromatic hydroxyl groups is 2. The minimum absolute atomic E-state index is 0.0229. The van der Waals surface area contributed by atoms with Crippen LogP contribution in [0.25, 0.3) is 0 Å². The standard InChI is InChI=1S/C62H111N11O12.C19H18O8/c1-25-27-28-40(15)52(75)51-56(79)65-43(26-2)58(81)67(18)33-48(74)68(19)44(29-34(3)4)55(78)66-49(38(11)12)61(84)69(20)45(30-35(5)6)54(77)63-41(16)53(76)64-42(17)57(80)70(21)46(31-36(7)8)59(82)71(22)47(32-37(9)10)60(83)72(23)50(39(13)14)62(85)73(51)24;1-8-5-13(26-4)11(7-20)17(22)14(8)19(25)27-12-6-9(2)16(21)15(10(12)3)18(23)24/h25,27,34-47,49-52,75H,26,28-33H2,1-24H3,(H,63,77)(H,64,76)(H,65,79)(H,66,78);5-7,21-22H,1-4H3,(H,23,24). The number of aldehydes is 1. The van der Waals surface area contributed by atoms with Gasteiger partial charge in [0.15, 0.2) is 6.29 Å². The van der Waals surface area contributed by atoms with Crippen molar-refractivity contribution in [2.45, 2.75) is 244 Å². The summed E-state index contributed by atoms with van der Waals surface area (Å²) in [5.74, 6) is -13.1. The average molecular weight is 1580 g/mol. The average Bonchev–Trinajstić information content (AvgIpc) is 0.789. The van der Waals surface area contributed by atoms with E-state index in [1.807, 2.05) is 61.5 Å². The van der Waals surface area contributed by atoms with Gasteiger partial charge in [0.2, 0.25) is 65.0 Å². The minimum Gasteiger partial charge on any atom is -0.507 e. The highest BCUT2D eigenvalue weighted by molar-refractivity contribution is 6.02. The molecule has 2 aromatic rings. The molecule has 8 N–H and O–H groups in total. The van der Waals surface area contributed by atoms with Crippen molar-refractivity contribution in [2.24, 2.45) is 41.4 Å². The number of amides is 11. The van der Waals surface area contributed by atoms with E-state index in [1.165, 1.54) is 128 Å². The fraction of sp³-hybridized carbons (Fsp3) is 0.654. The van der Waals surface area contributed by atoms with Crippen molar-refractivity contribution in [1.82, 2.24) is 55.6 Å². The minimum atomic E-state index is -1.61. The Morgan fingerprint density at radius 3 is 1.46 bits per heavy atom. The molecule has 1 heterocycles. The number of phenolic OH excluding ortho intramolecular Hbond substituents is 1. The number of aryl methyl sites for hydroxylation is 2. The van der Waals surface area contributed by atoms with Crippen LogP contribution in [0.1, 0.15) is 204 Å².